The van der Waals surface area contributed by atoms with Gasteiger partial charge in [0.25, 0.3) is 0 Å². The summed E-state index contributed by atoms with van der Waals surface area (Å²) in [5.74, 6) is -0.524. The second-order valence-electron chi connectivity index (χ2n) is 9.29. The van der Waals surface area contributed by atoms with Crippen LogP contribution in [-0.2, 0) is 30.4 Å². The first-order valence-electron chi connectivity index (χ1n) is 11.7. The first kappa shape index (κ1) is 22.8. The lowest BCUT2D eigenvalue weighted by Gasteiger charge is -2.45. The van der Waals surface area contributed by atoms with Gasteiger partial charge in [0.15, 0.2) is 11.2 Å². The molecular weight excluding hydrogens is 410 g/mol. The number of ether oxygens (including phenoxy) is 3. The molecule has 1 saturated carbocycles. The maximum absolute atomic E-state index is 13.3. The van der Waals surface area contributed by atoms with Crippen LogP contribution in [0.15, 0.2) is 24.3 Å². The molecule has 1 aromatic rings. The predicted molar refractivity (Wildman–Crippen MR) is 117 cm³/mol. The normalized spacial score (nSPS) is 28.4. The number of Topliss-reactive ketones (excluding diaryl/α,β-unsaturated/α-hetero) is 1. The van der Waals surface area contributed by atoms with Gasteiger partial charge in [-0.2, -0.15) is 0 Å². The van der Waals surface area contributed by atoms with Crippen molar-refractivity contribution in [3.05, 3.63) is 29.8 Å². The van der Waals surface area contributed by atoms with E-state index >= 15 is 0 Å². The molecule has 174 valence electrons. The monoisotopic (exact) mass is 443 g/mol. The van der Waals surface area contributed by atoms with Gasteiger partial charge >= 0.3 is 11.9 Å². The maximum atomic E-state index is 13.3. The lowest BCUT2D eigenvalue weighted by Crippen LogP contribution is -2.61. The summed E-state index contributed by atoms with van der Waals surface area (Å²) in [5.41, 5.74) is -0.467. The van der Waals surface area contributed by atoms with E-state index < -0.39 is 17.4 Å². The van der Waals surface area contributed by atoms with E-state index in [1.807, 2.05) is 24.3 Å². The Hall–Kier alpha value is -2.41. The van der Waals surface area contributed by atoms with Crippen molar-refractivity contribution in [1.82, 2.24) is 4.90 Å². The topological polar surface area (TPSA) is 82.1 Å². The molecule has 4 rings (SSSR count). The fourth-order valence-corrected chi connectivity index (χ4v) is 5.85. The molecule has 7 nitrogen and oxygen atoms in total. The van der Waals surface area contributed by atoms with E-state index in [0.29, 0.717) is 13.0 Å². The van der Waals surface area contributed by atoms with Crippen LogP contribution < -0.4 is 4.74 Å². The summed E-state index contributed by atoms with van der Waals surface area (Å²) in [7, 11) is 2.92. The Morgan fingerprint density at radius 1 is 1.09 bits per heavy atom. The number of esters is 2. The zero-order chi connectivity index (χ0) is 22.7. The first-order chi connectivity index (χ1) is 15.5. The smallest absolute Gasteiger partial charge is 0.321 e. The molecule has 32 heavy (non-hydrogen) atoms. The van der Waals surface area contributed by atoms with Gasteiger partial charge in [0.2, 0.25) is 0 Å². The van der Waals surface area contributed by atoms with E-state index in [1.54, 1.807) is 7.11 Å². The summed E-state index contributed by atoms with van der Waals surface area (Å²) in [5, 5.41) is 0. The number of carbonyl (C=O) groups excluding carboxylic acids is 3. The molecule has 0 N–H and O–H groups in total. The van der Waals surface area contributed by atoms with Crippen LogP contribution in [0.5, 0.6) is 5.75 Å². The van der Waals surface area contributed by atoms with Crippen LogP contribution in [0.2, 0.25) is 0 Å². The fraction of sp³-hybridized carbons (Fsp3) is 0.640. The highest BCUT2D eigenvalue weighted by Gasteiger charge is 2.62. The molecule has 2 saturated heterocycles. The molecule has 2 heterocycles. The number of carbonyl (C=O) groups is 3. The largest absolute Gasteiger partial charge is 0.497 e. The van der Waals surface area contributed by atoms with Crippen LogP contribution in [0.3, 0.4) is 0 Å². The van der Waals surface area contributed by atoms with Gasteiger partial charge < -0.3 is 14.2 Å². The zero-order valence-corrected chi connectivity index (χ0v) is 19.0. The fourth-order valence-electron chi connectivity index (χ4n) is 5.85. The van der Waals surface area contributed by atoms with E-state index in [1.165, 1.54) is 7.11 Å². The number of hydrogen-bond acceptors (Lipinski definition) is 7. The molecule has 0 radical (unpaired) electrons. The highest BCUT2D eigenvalue weighted by atomic mass is 16.5. The van der Waals surface area contributed by atoms with E-state index in [2.05, 4.69) is 4.90 Å². The summed E-state index contributed by atoms with van der Waals surface area (Å²) in [4.78, 5) is 41.6. The highest BCUT2D eigenvalue weighted by molar-refractivity contribution is 6.08. The molecule has 1 aliphatic carbocycles. The van der Waals surface area contributed by atoms with Crippen molar-refractivity contribution >= 4 is 17.7 Å². The van der Waals surface area contributed by atoms with Crippen molar-refractivity contribution in [2.75, 3.05) is 14.2 Å². The molecule has 1 aromatic carbocycles. The summed E-state index contributed by atoms with van der Waals surface area (Å²) in [6, 6.07) is 7.47. The molecule has 3 atom stereocenters. The minimum absolute atomic E-state index is 0.0610. The second kappa shape index (κ2) is 9.61. The molecule has 0 aromatic heterocycles. The van der Waals surface area contributed by atoms with E-state index in [-0.39, 0.29) is 36.8 Å². The van der Waals surface area contributed by atoms with Crippen molar-refractivity contribution in [1.29, 1.82) is 0 Å². The van der Waals surface area contributed by atoms with E-state index in [0.717, 1.165) is 49.8 Å². The Kier molecular flexibility index (Phi) is 6.84. The van der Waals surface area contributed by atoms with Crippen molar-refractivity contribution in [3.63, 3.8) is 0 Å². The number of ketones is 1. The number of rotatable bonds is 7. The quantitative estimate of drug-likeness (QED) is 0.472. The lowest BCUT2D eigenvalue weighted by atomic mass is 9.70. The number of piperidine rings is 1. The third kappa shape index (κ3) is 4.27. The second-order valence-corrected chi connectivity index (χ2v) is 9.29. The van der Waals surface area contributed by atoms with Gasteiger partial charge in [0.05, 0.1) is 20.6 Å². The molecular formula is C25H33NO6. The van der Waals surface area contributed by atoms with Gasteiger partial charge in [0, 0.05) is 25.0 Å². The molecule has 2 aliphatic heterocycles. The SMILES string of the molecule is COC(=O)[C@@]1(CC(=O)OC2CCCCC2)C(=O)C[C@@H]2CC[C@H]1N2Cc1cccc(OC)c1. The van der Waals surface area contributed by atoms with Gasteiger partial charge in [-0.15, -0.1) is 0 Å². The molecule has 2 bridgehead atoms. The lowest BCUT2D eigenvalue weighted by molar-refractivity contribution is -0.175. The van der Waals surface area contributed by atoms with E-state index in [4.69, 9.17) is 14.2 Å². The van der Waals surface area contributed by atoms with Gasteiger partial charge in [-0.1, -0.05) is 18.6 Å². The number of benzene rings is 1. The van der Waals surface area contributed by atoms with Crippen molar-refractivity contribution in [2.24, 2.45) is 5.41 Å². The Morgan fingerprint density at radius 3 is 2.59 bits per heavy atom. The van der Waals surface area contributed by atoms with Gasteiger partial charge in [-0.05, 0) is 56.2 Å². The molecule has 7 heteroatoms. The number of methoxy groups -OCH3 is 2. The molecule has 0 amide bonds. The van der Waals surface area contributed by atoms with Gasteiger partial charge in [0.1, 0.15) is 11.9 Å². The van der Waals surface area contributed by atoms with Gasteiger partial charge in [-0.25, -0.2) is 0 Å². The van der Waals surface area contributed by atoms with Crippen LogP contribution in [0.4, 0.5) is 0 Å². The Labute approximate surface area is 189 Å². The van der Waals surface area contributed by atoms with Crippen LogP contribution >= 0.6 is 0 Å². The minimum Gasteiger partial charge on any atom is -0.497 e. The number of fused-ring (bicyclic) bond motifs is 2. The number of hydrogen-bond donors (Lipinski definition) is 0. The molecule has 3 aliphatic rings. The zero-order valence-electron chi connectivity index (χ0n) is 19.0. The number of nitrogens with zero attached hydrogens (tertiary/aromatic N) is 1. The van der Waals surface area contributed by atoms with Crippen molar-refractivity contribution in [2.45, 2.75) is 82.5 Å². The van der Waals surface area contributed by atoms with Crippen LogP contribution in [-0.4, -0.2) is 55.0 Å². The molecule has 0 unspecified atom stereocenters. The summed E-state index contributed by atoms with van der Waals surface area (Å²) >= 11 is 0. The van der Waals surface area contributed by atoms with Gasteiger partial charge in [-0.3, -0.25) is 19.3 Å². The van der Waals surface area contributed by atoms with E-state index in [9.17, 15) is 14.4 Å². The summed E-state index contributed by atoms with van der Waals surface area (Å²) in [6.45, 7) is 0.580. The average Bonchev–Trinajstić information content (AvgIpc) is 3.12. The third-order valence-electron chi connectivity index (χ3n) is 7.45. The first-order valence-corrected chi connectivity index (χ1v) is 11.7. The van der Waals surface area contributed by atoms with Crippen molar-refractivity contribution in [3.8, 4) is 5.75 Å². The van der Waals surface area contributed by atoms with Crippen LogP contribution in [0.25, 0.3) is 0 Å². The average molecular weight is 444 g/mol. The summed E-state index contributed by atoms with van der Waals surface area (Å²) in [6.07, 6.45) is 6.29. The Bertz CT molecular complexity index is 864. The standard InChI is InChI=1S/C25H33NO6/c1-30-20-10-6-7-17(13-20)16-26-18-11-12-21(26)25(22(27)14-18,24(29)31-2)15-23(28)32-19-8-4-3-5-9-19/h6-7,10,13,18-19,21H,3-5,8-9,11-12,14-16H2,1-2H3/t18-,21+,25+/m0/s1. The maximum Gasteiger partial charge on any atom is 0.321 e. The summed E-state index contributed by atoms with van der Waals surface area (Å²) < 4.78 is 16.2. The van der Waals surface area contributed by atoms with Crippen molar-refractivity contribution < 1.29 is 28.6 Å². The molecule has 3 fully saturated rings. The Morgan fingerprint density at radius 2 is 1.88 bits per heavy atom. The van der Waals surface area contributed by atoms with Crippen LogP contribution in [0.1, 0.15) is 63.4 Å². The minimum atomic E-state index is -1.51. The highest BCUT2D eigenvalue weighted by Crippen LogP contribution is 2.48. The molecule has 0 spiro atoms. The Balaban J connectivity index is 1.59. The third-order valence-corrected chi connectivity index (χ3v) is 7.45. The van der Waals surface area contributed by atoms with Crippen LogP contribution in [0, 0.1) is 5.41 Å². The predicted octanol–water partition coefficient (Wildman–Crippen LogP) is 3.43.